The molecule has 3 nitrogen and oxygen atoms in total. The predicted octanol–water partition coefficient (Wildman–Crippen LogP) is 2.50. The van der Waals surface area contributed by atoms with Crippen molar-refractivity contribution < 1.29 is 8.91 Å². The molecule has 0 amide bonds. The zero-order chi connectivity index (χ0) is 10.8. The molecular formula is C11H11FN2O. The van der Waals surface area contributed by atoms with Crippen LogP contribution >= 0.6 is 0 Å². The maximum absolute atomic E-state index is 12.7. The van der Waals surface area contributed by atoms with Crippen LogP contribution < -0.4 is 5.73 Å². The maximum Gasteiger partial charge on any atom is 0.160 e. The zero-order valence-electron chi connectivity index (χ0n) is 8.27. The third-order valence-electron chi connectivity index (χ3n) is 2.17. The van der Waals surface area contributed by atoms with Gasteiger partial charge in [0.15, 0.2) is 5.76 Å². The SMILES string of the molecule is CC(N)c1oncc1-c1ccc(F)cc1. The Kier molecular flexibility index (Phi) is 2.51. The fourth-order valence-corrected chi connectivity index (χ4v) is 1.42. The lowest BCUT2D eigenvalue weighted by molar-refractivity contribution is 0.368. The van der Waals surface area contributed by atoms with Gasteiger partial charge in [0.2, 0.25) is 0 Å². The van der Waals surface area contributed by atoms with Crippen LogP contribution in [-0.2, 0) is 0 Å². The lowest BCUT2D eigenvalue weighted by Crippen LogP contribution is -2.04. The molecule has 0 aliphatic rings. The first kappa shape index (κ1) is 9.86. The van der Waals surface area contributed by atoms with Crippen molar-refractivity contribution in [3.8, 4) is 11.1 Å². The van der Waals surface area contributed by atoms with Gasteiger partial charge in [0, 0.05) is 5.56 Å². The smallest absolute Gasteiger partial charge is 0.160 e. The van der Waals surface area contributed by atoms with Gasteiger partial charge in [-0.2, -0.15) is 0 Å². The van der Waals surface area contributed by atoms with E-state index in [1.165, 1.54) is 12.1 Å². The number of hydrogen-bond donors (Lipinski definition) is 1. The number of benzene rings is 1. The molecule has 0 spiro atoms. The second-order valence-electron chi connectivity index (χ2n) is 3.40. The predicted molar refractivity (Wildman–Crippen MR) is 54.5 cm³/mol. The molecule has 78 valence electrons. The van der Waals surface area contributed by atoms with Gasteiger partial charge in [-0.15, -0.1) is 0 Å². The Morgan fingerprint density at radius 3 is 2.60 bits per heavy atom. The standard InChI is InChI=1S/C11H11FN2O/c1-7(13)11-10(6-14-15-11)8-2-4-9(12)5-3-8/h2-7H,13H2,1H3. The van der Waals surface area contributed by atoms with Crippen molar-refractivity contribution in [2.24, 2.45) is 5.73 Å². The van der Waals surface area contributed by atoms with Crippen LogP contribution in [0.5, 0.6) is 0 Å². The highest BCUT2D eigenvalue weighted by Gasteiger charge is 2.13. The van der Waals surface area contributed by atoms with E-state index in [4.69, 9.17) is 10.3 Å². The quantitative estimate of drug-likeness (QED) is 0.821. The van der Waals surface area contributed by atoms with Gasteiger partial charge >= 0.3 is 0 Å². The Bertz CT molecular complexity index is 448. The highest BCUT2D eigenvalue weighted by atomic mass is 19.1. The summed E-state index contributed by atoms with van der Waals surface area (Å²) in [5, 5.41) is 3.69. The summed E-state index contributed by atoms with van der Waals surface area (Å²) in [6.07, 6.45) is 1.59. The molecule has 0 saturated carbocycles. The Morgan fingerprint density at radius 1 is 1.33 bits per heavy atom. The Labute approximate surface area is 86.7 Å². The Balaban J connectivity index is 2.45. The minimum absolute atomic E-state index is 0.229. The highest BCUT2D eigenvalue weighted by molar-refractivity contribution is 5.64. The van der Waals surface area contributed by atoms with Gasteiger partial charge in [-0.25, -0.2) is 4.39 Å². The molecule has 0 saturated heterocycles. The fraction of sp³-hybridized carbons (Fsp3) is 0.182. The van der Waals surface area contributed by atoms with Crippen LogP contribution in [0.3, 0.4) is 0 Å². The molecule has 0 aliphatic carbocycles. The zero-order valence-corrected chi connectivity index (χ0v) is 8.27. The Morgan fingerprint density at radius 2 is 2.00 bits per heavy atom. The maximum atomic E-state index is 12.7. The molecule has 1 aromatic carbocycles. The van der Waals surface area contributed by atoms with Crippen LogP contribution in [0.4, 0.5) is 4.39 Å². The monoisotopic (exact) mass is 206 g/mol. The van der Waals surface area contributed by atoms with Gasteiger partial charge in [0.1, 0.15) is 5.82 Å². The summed E-state index contributed by atoms with van der Waals surface area (Å²) >= 11 is 0. The third kappa shape index (κ3) is 1.89. The lowest BCUT2D eigenvalue weighted by atomic mass is 10.0. The van der Waals surface area contributed by atoms with Crippen LogP contribution in [0, 0.1) is 5.82 Å². The van der Waals surface area contributed by atoms with Crippen LogP contribution in [0.2, 0.25) is 0 Å². The molecule has 2 N–H and O–H groups in total. The number of aromatic nitrogens is 1. The average Bonchev–Trinajstić information content (AvgIpc) is 2.67. The average molecular weight is 206 g/mol. The van der Waals surface area contributed by atoms with Crippen LogP contribution in [-0.4, -0.2) is 5.16 Å². The van der Waals surface area contributed by atoms with Crippen LogP contribution in [0.1, 0.15) is 18.7 Å². The van der Waals surface area contributed by atoms with E-state index in [2.05, 4.69) is 5.16 Å². The summed E-state index contributed by atoms with van der Waals surface area (Å²) in [5.41, 5.74) is 7.38. The van der Waals surface area contributed by atoms with Gasteiger partial charge in [0.05, 0.1) is 12.2 Å². The molecule has 0 bridgehead atoms. The van der Waals surface area contributed by atoms with E-state index in [1.54, 1.807) is 18.3 Å². The van der Waals surface area contributed by atoms with Crippen molar-refractivity contribution >= 4 is 0 Å². The molecule has 4 heteroatoms. The van der Waals surface area contributed by atoms with Gasteiger partial charge in [-0.3, -0.25) is 0 Å². The van der Waals surface area contributed by atoms with E-state index in [0.29, 0.717) is 5.76 Å². The van der Waals surface area contributed by atoms with E-state index in [1.807, 2.05) is 6.92 Å². The summed E-state index contributed by atoms with van der Waals surface area (Å²) in [4.78, 5) is 0. The Hall–Kier alpha value is -1.68. The second kappa shape index (κ2) is 3.82. The molecule has 2 rings (SSSR count). The number of halogens is 1. The van der Waals surface area contributed by atoms with E-state index >= 15 is 0 Å². The van der Waals surface area contributed by atoms with Crippen molar-refractivity contribution in [3.63, 3.8) is 0 Å². The molecular weight excluding hydrogens is 195 g/mol. The minimum Gasteiger partial charge on any atom is -0.359 e. The summed E-state index contributed by atoms with van der Waals surface area (Å²) in [6.45, 7) is 1.81. The van der Waals surface area contributed by atoms with E-state index in [9.17, 15) is 4.39 Å². The number of rotatable bonds is 2. The number of nitrogens with two attached hydrogens (primary N) is 1. The minimum atomic E-state index is -0.266. The first-order chi connectivity index (χ1) is 7.18. The summed E-state index contributed by atoms with van der Waals surface area (Å²) in [5.74, 6) is 0.346. The summed E-state index contributed by atoms with van der Waals surface area (Å²) < 4.78 is 17.8. The molecule has 1 heterocycles. The molecule has 1 unspecified atom stereocenters. The van der Waals surface area contributed by atoms with Gasteiger partial charge in [-0.05, 0) is 24.6 Å². The molecule has 1 aromatic heterocycles. The van der Waals surface area contributed by atoms with Crippen molar-refractivity contribution in [1.82, 2.24) is 5.16 Å². The molecule has 15 heavy (non-hydrogen) atoms. The van der Waals surface area contributed by atoms with Gasteiger partial charge < -0.3 is 10.3 Å². The topological polar surface area (TPSA) is 52.0 Å². The van der Waals surface area contributed by atoms with E-state index in [0.717, 1.165) is 11.1 Å². The van der Waals surface area contributed by atoms with E-state index < -0.39 is 0 Å². The summed E-state index contributed by atoms with van der Waals surface area (Å²) in [6, 6.07) is 5.91. The van der Waals surface area contributed by atoms with Crippen molar-refractivity contribution in [1.29, 1.82) is 0 Å². The summed E-state index contributed by atoms with van der Waals surface area (Å²) in [7, 11) is 0. The van der Waals surface area contributed by atoms with E-state index in [-0.39, 0.29) is 11.9 Å². The molecule has 0 radical (unpaired) electrons. The largest absolute Gasteiger partial charge is 0.359 e. The molecule has 0 fully saturated rings. The number of nitrogens with zero attached hydrogens (tertiary/aromatic N) is 1. The second-order valence-corrected chi connectivity index (χ2v) is 3.40. The van der Waals surface area contributed by atoms with Gasteiger partial charge in [-0.1, -0.05) is 17.3 Å². The molecule has 1 atom stereocenters. The van der Waals surface area contributed by atoms with Crippen molar-refractivity contribution in [2.45, 2.75) is 13.0 Å². The van der Waals surface area contributed by atoms with Crippen molar-refractivity contribution in [2.75, 3.05) is 0 Å². The van der Waals surface area contributed by atoms with Crippen LogP contribution in [0.25, 0.3) is 11.1 Å². The van der Waals surface area contributed by atoms with Gasteiger partial charge in [0.25, 0.3) is 0 Å². The van der Waals surface area contributed by atoms with Crippen LogP contribution in [0.15, 0.2) is 35.0 Å². The normalized spacial score (nSPS) is 12.7. The van der Waals surface area contributed by atoms with Crippen molar-refractivity contribution in [3.05, 3.63) is 42.0 Å². The first-order valence-corrected chi connectivity index (χ1v) is 4.64. The first-order valence-electron chi connectivity index (χ1n) is 4.64. The lowest BCUT2D eigenvalue weighted by Gasteiger charge is -2.03. The molecule has 2 aromatic rings. The molecule has 0 aliphatic heterocycles. The third-order valence-corrected chi connectivity index (χ3v) is 2.17. The number of hydrogen-bond acceptors (Lipinski definition) is 3. The fourth-order valence-electron chi connectivity index (χ4n) is 1.42. The highest BCUT2D eigenvalue weighted by Crippen LogP contribution is 2.26.